The van der Waals surface area contributed by atoms with Gasteiger partial charge in [-0.05, 0) is 147 Å². The molecule has 0 bridgehead atoms. The van der Waals surface area contributed by atoms with E-state index in [1.807, 2.05) is 11.3 Å². The molecule has 0 atom stereocenters. The first kappa shape index (κ1) is 35.0. The number of hydrogen-bond acceptors (Lipinski definition) is 1. The number of benzene rings is 10. The second kappa shape index (κ2) is 12.4. The molecule has 1 heterocycles. The van der Waals surface area contributed by atoms with Gasteiger partial charge in [-0.25, -0.2) is 0 Å². The Bertz CT molecular complexity index is 3630. The van der Waals surface area contributed by atoms with Gasteiger partial charge in [-0.3, -0.25) is 0 Å². The van der Waals surface area contributed by atoms with Crippen LogP contribution in [0, 0.1) is 0 Å². The van der Waals surface area contributed by atoms with Crippen LogP contribution in [0.5, 0.6) is 0 Å². The molecule has 10 aromatic carbocycles. The molecule has 0 N–H and O–H groups in total. The maximum Gasteiger partial charge on any atom is 0.0361 e. The van der Waals surface area contributed by atoms with Crippen LogP contribution >= 0.6 is 11.3 Å². The zero-order valence-corrected chi connectivity index (χ0v) is 35.5. The molecule has 1 heteroatoms. The molecule has 0 unspecified atom stereocenters. The van der Waals surface area contributed by atoms with Crippen molar-refractivity contribution in [2.24, 2.45) is 0 Å². The van der Waals surface area contributed by atoms with Crippen LogP contribution in [0.4, 0.5) is 0 Å². The second-order valence-corrected chi connectivity index (χ2v) is 19.4. The van der Waals surface area contributed by atoms with E-state index in [4.69, 9.17) is 0 Å². The van der Waals surface area contributed by atoms with Gasteiger partial charge in [0.1, 0.15) is 0 Å². The van der Waals surface area contributed by atoms with E-state index in [1.165, 1.54) is 130 Å². The van der Waals surface area contributed by atoms with Crippen molar-refractivity contribution in [1.29, 1.82) is 0 Å². The molecule has 0 fully saturated rings. The number of thiophene rings is 1. The molecule has 1 aromatic heterocycles. The molecule has 2 aliphatic rings. The van der Waals surface area contributed by atoms with Gasteiger partial charge >= 0.3 is 0 Å². The van der Waals surface area contributed by atoms with E-state index >= 15 is 0 Å². The lowest BCUT2D eigenvalue weighted by Gasteiger charge is -2.25. The SMILES string of the molecule is CC1(C)c2cc(-c3cc4c(c5cc6sc7ccccc7c6cc35)C(C)(C)c3ccccc3-4)ccc2-c2ccc(-c3c4ccccc4c(-c4ccccc4)c4ccccc34)cc21. The first-order valence-corrected chi connectivity index (χ1v) is 22.4. The van der Waals surface area contributed by atoms with Gasteiger partial charge in [0.15, 0.2) is 0 Å². The molecule has 0 saturated heterocycles. The molecule has 13 rings (SSSR count). The van der Waals surface area contributed by atoms with Crippen LogP contribution in [0.1, 0.15) is 49.9 Å². The normalized spacial score (nSPS) is 14.5. The van der Waals surface area contributed by atoms with Gasteiger partial charge in [-0.15, -0.1) is 11.3 Å². The lowest BCUT2D eigenvalue weighted by Crippen LogP contribution is -2.15. The number of hydrogen-bond donors (Lipinski definition) is 0. The van der Waals surface area contributed by atoms with E-state index < -0.39 is 0 Å². The highest BCUT2D eigenvalue weighted by atomic mass is 32.1. The van der Waals surface area contributed by atoms with Crippen molar-refractivity contribution in [3.8, 4) is 55.6 Å². The Labute approximate surface area is 360 Å². The Kier molecular flexibility index (Phi) is 7.11. The molecule has 2 aliphatic carbocycles. The summed E-state index contributed by atoms with van der Waals surface area (Å²) in [6.07, 6.45) is 0. The predicted octanol–water partition coefficient (Wildman–Crippen LogP) is 17.1. The van der Waals surface area contributed by atoms with Crippen molar-refractivity contribution in [2.45, 2.75) is 38.5 Å². The third-order valence-corrected chi connectivity index (χ3v) is 15.6. The van der Waals surface area contributed by atoms with Crippen LogP contribution in [0.25, 0.3) is 108 Å². The standard InChI is InChI=1S/C60H42S/c1-59(2)52-30-36(46-32-49-38-18-12-14-24-51(38)60(3,4)58(49)50-34-55-48(33-47(46)50)41-19-13-15-25-54(41)61-55)26-28-39(52)40-29-27-37(31-53(40)59)57-44-22-10-8-20-42(44)56(35-16-6-5-7-17-35)43-21-9-11-23-45(43)57/h5-34H,1-4H3. The summed E-state index contributed by atoms with van der Waals surface area (Å²) in [5.74, 6) is 0. The molecular formula is C60H42S. The molecule has 61 heavy (non-hydrogen) atoms. The van der Waals surface area contributed by atoms with Crippen LogP contribution in [0.3, 0.4) is 0 Å². The smallest absolute Gasteiger partial charge is 0.0361 e. The van der Waals surface area contributed by atoms with Crippen LogP contribution in [-0.4, -0.2) is 0 Å². The maximum absolute atomic E-state index is 2.53. The lowest BCUT2D eigenvalue weighted by molar-refractivity contribution is 0.661. The summed E-state index contributed by atoms with van der Waals surface area (Å²) in [6, 6.07) is 69.0. The first-order valence-electron chi connectivity index (χ1n) is 21.6. The van der Waals surface area contributed by atoms with Gasteiger partial charge in [0, 0.05) is 31.0 Å². The van der Waals surface area contributed by atoms with Crippen molar-refractivity contribution in [2.75, 3.05) is 0 Å². The van der Waals surface area contributed by atoms with E-state index in [0.29, 0.717) is 0 Å². The fraction of sp³-hybridized carbons (Fsp3) is 0.100. The Morgan fingerprint density at radius 3 is 1.52 bits per heavy atom. The minimum Gasteiger partial charge on any atom is -0.135 e. The highest BCUT2D eigenvalue weighted by Gasteiger charge is 2.39. The summed E-state index contributed by atoms with van der Waals surface area (Å²) in [5, 5.41) is 10.6. The van der Waals surface area contributed by atoms with Crippen molar-refractivity contribution < 1.29 is 0 Å². The zero-order chi connectivity index (χ0) is 40.8. The molecule has 0 aliphatic heterocycles. The van der Waals surface area contributed by atoms with Crippen molar-refractivity contribution in [3.05, 3.63) is 204 Å². The number of fused-ring (bicyclic) bond motifs is 13. The summed E-state index contributed by atoms with van der Waals surface area (Å²) in [4.78, 5) is 0. The Morgan fingerprint density at radius 1 is 0.295 bits per heavy atom. The van der Waals surface area contributed by atoms with Gasteiger partial charge in [-0.1, -0.05) is 173 Å². The van der Waals surface area contributed by atoms with Crippen LogP contribution in [-0.2, 0) is 10.8 Å². The fourth-order valence-electron chi connectivity index (χ4n) is 11.6. The topological polar surface area (TPSA) is 0 Å². The average molecular weight is 795 g/mol. The van der Waals surface area contributed by atoms with E-state index in [0.717, 1.165) is 0 Å². The first-order chi connectivity index (χ1) is 29.8. The van der Waals surface area contributed by atoms with E-state index in [2.05, 4.69) is 210 Å². The zero-order valence-electron chi connectivity index (χ0n) is 34.7. The van der Waals surface area contributed by atoms with Crippen molar-refractivity contribution in [1.82, 2.24) is 0 Å². The Balaban J connectivity index is 1.01. The summed E-state index contributed by atoms with van der Waals surface area (Å²) in [7, 11) is 0. The van der Waals surface area contributed by atoms with Crippen molar-refractivity contribution >= 4 is 63.8 Å². The van der Waals surface area contributed by atoms with Crippen LogP contribution < -0.4 is 0 Å². The highest BCUT2D eigenvalue weighted by molar-refractivity contribution is 7.25. The molecular weight excluding hydrogens is 753 g/mol. The van der Waals surface area contributed by atoms with E-state index in [-0.39, 0.29) is 10.8 Å². The van der Waals surface area contributed by atoms with E-state index in [9.17, 15) is 0 Å². The molecule has 0 spiro atoms. The molecule has 288 valence electrons. The second-order valence-electron chi connectivity index (χ2n) is 18.4. The van der Waals surface area contributed by atoms with Gasteiger partial charge in [-0.2, -0.15) is 0 Å². The van der Waals surface area contributed by atoms with Gasteiger partial charge in [0.2, 0.25) is 0 Å². The largest absolute Gasteiger partial charge is 0.135 e. The highest BCUT2D eigenvalue weighted by Crippen LogP contribution is 2.56. The number of rotatable bonds is 3. The Morgan fingerprint density at radius 2 is 0.836 bits per heavy atom. The minimum absolute atomic E-state index is 0.106. The molecule has 11 aromatic rings. The van der Waals surface area contributed by atoms with Crippen LogP contribution in [0.2, 0.25) is 0 Å². The summed E-state index contributed by atoms with van der Waals surface area (Å²) < 4.78 is 2.70. The minimum atomic E-state index is -0.204. The third-order valence-electron chi connectivity index (χ3n) is 14.4. The third kappa shape index (κ3) is 4.76. The molecule has 0 nitrogen and oxygen atoms in total. The van der Waals surface area contributed by atoms with E-state index in [1.54, 1.807) is 0 Å². The molecule has 0 saturated carbocycles. The molecule has 0 amide bonds. The quantitative estimate of drug-likeness (QED) is 0.156. The monoisotopic (exact) mass is 794 g/mol. The summed E-state index contributed by atoms with van der Waals surface area (Å²) in [6.45, 7) is 9.69. The summed E-state index contributed by atoms with van der Waals surface area (Å²) in [5.41, 5.74) is 18.5. The van der Waals surface area contributed by atoms with Gasteiger partial charge in [0.25, 0.3) is 0 Å². The maximum atomic E-state index is 2.53. The average Bonchev–Trinajstić information content (AvgIpc) is 3.85. The van der Waals surface area contributed by atoms with Gasteiger partial charge < -0.3 is 0 Å². The molecule has 0 radical (unpaired) electrons. The lowest BCUT2D eigenvalue weighted by atomic mass is 9.78. The Hall–Kier alpha value is -6.80. The predicted molar refractivity (Wildman–Crippen MR) is 263 cm³/mol. The van der Waals surface area contributed by atoms with Crippen molar-refractivity contribution in [3.63, 3.8) is 0 Å². The van der Waals surface area contributed by atoms with Gasteiger partial charge in [0.05, 0.1) is 0 Å². The fourth-order valence-corrected chi connectivity index (χ4v) is 12.7. The summed E-state index contributed by atoms with van der Waals surface area (Å²) >= 11 is 1.92. The van der Waals surface area contributed by atoms with Crippen LogP contribution in [0.15, 0.2) is 182 Å².